The van der Waals surface area contributed by atoms with Gasteiger partial charge in [0.1, 0.15) is 5.69 Å². The summed E-state index contributed by atoms with van der Waals surface area (Å²) < 4.78 is 4.99. The quantitative estimate of drug-likeness (QED) is 0.449. The van der Waals surface area contributed by atoms with E-state index < -0.39 is 4.92 Å². The highest BCUT2D eigenvalue weighted by Gasteiger charge is 2.50. The van der Waals surface area contributed by atoms with Crippen LogP contribution in [0.5, 0.6) is 0 Å². The number of rotatable bonds is 5. The van der Waals surface area contributed by atoms with Gasteiger partial charge >= 0.3 is 5.69 Å². The Hall–Kier alpha value is -3.16. The highest BCUT2D eigenvalue weighted by Crippen LogP contribution is 2.54. The van der Waals surface area contributed by atoms with Gasteiger partial charge in [-0.1, -0.05) is 51.1 Å². The molecule has 2 heterocycles. The minimum absolute atomic E-state index is 0.0929. The first-order chi connectivity index (χ1) is 14.7. The third kappa shape index (κ3) is 3.49. The van der Waals surface area contributed by atoms with Gasteiger partial charge in [0.25, 0.3) is 0 Å². The number of anilines is 2. The van der Waals surface area contributed by atoms with Crippen LogP contribution in [0.25, 0.3) is 11.0 Å². The van der Waals surface area contributed by atoms with Crippen molar-refractivity contribution in [1.29, 1.82) is 0 Å². The summed E-state index contributed by atoms with van der Waals surface area (Å²) in [6.45, 7) is 8.39. The highest BCUT2D eigenvalue weighted by molar-refractivity contribution is 6.00. The zero-order valence-electron chi connectivity index (χ0n) is 18.1. The molecule has 2 aliphatic rings. The minimum Gasteiger partial charge on any atom is -0.375 e. The lowest BCUT2D eigenvalue weighted by atomic mass is 9.65. The fourth-order valence-corrected chi connectivity index (χ4v) is 5.99. The van der Waals surface area contributed by atoms with E-state index in [4.69, 9.17) is 4.63 Å². The molecule has 3 aromatic rings. The smallest absolute Gasteiger partial charge is 0.323 e. The van der Waals surface area contributed by atoms with E-state index >= 15 is 0 Å². The van der Waals surface area contributed by atoms with Crippen LogP contribution in [0.2, 0.25) is 0 Å². The summed E-state index contributed by atoms with van der Waals surface area (Å²) in [6.07, 6.45) is 3.37. The minimum atomic E-state index is -0.406. The molecule has 2 bridgehead atoms. The van der Waals surface area contributed by atoms with E-state index in [9.17, 15) is 10.1 Å². The molecule has 2 unspecified atom stereocenters. The first kappa shape index (κ1) is 19.8. The first-order valence-electron chi connectivity index (χ1n) is 10.7. The molecular formula is C23H27N5O3. The molecule has 8 heteroatoms. The summed E-state index contributed by atoms with van der Waals surface area (Å²) in [6, 6.07) is 12.1. The summed E-state index contributed by atoms with van der Waals surface area (Å²) in [4.78, 5) is 13.9. The molecule has 1 N–H and O–H groups in total. The second-order valence-corrected chi connectivity index (χ2v) is 10.2. The molecule has 162 valence electrons. The van der Waals surface area contributed by atoms with Gasteiger partial charge in [-0.05, 0) is 52.0 Å². The second kappa shape index (κ2) is 6.93. The molecular weight excluding hydrogens is 394 g/mol. The van der Waals surface area contributed by atoms with Crippen molar-refractivity contribution in [2.24, 2.45) is 10.8 Å². The fraction of sp³-hybridized carbons (Fsp3) is 0.478. The van der Waals surface area contributed by atoms with Crippen molar-refractivity contribution in [3.05, 3.63) is 52.1 Å². The zero-order valence-corrected chi connectivity index (χ0v) is 18.1. The summed E-state index contributed by atoms with van der Waals surface area (Å²) in [5.41, 5.74) is 3.40. The second-order valence-electron chi connectivity index (χ2n) is 10.2. The largest absolute Gasteiger partial charge is 0.375 e. The number of nitro benzene ring substituents is 1. The van der Waals surface area contributed by atoms with Crippen molar-refractivity contribution in [3.8, 4) is 0 Å². The van der Waals surface area contributed by atoms with E-state index in [0.717, 1.165) is 30.6 Å². The number of hydrogen-bond acceptors (Lipinski definition) is 7. The van der Waals surface area contributed by atoms with Crippen LogP contribution in [-0.4, -0.2) is 27.8 Å². The van der Waals surface area contributed by atoms with E-state index in [1.54, 1.807) is 0 Å². The number of nitrogens with zero attached hydrogens (tertiary/aromatic N) is 4. The van der Waals surface area contributed by atoms with Crippen molar-refractivity contribution in [2.45, 2.75) is 52.6 Å². The molecule has 1 saturated heterocycles. The molecule has 1 aromatic heterocycles. The number of nitrogens with one attached hydrogen (secondary N) is 1. The maximum absolute atomic E-state index is 11.9. The van der Waals surface area contributed by atoms with Gasteiger partial charge in [0.05, 0.1) is 10.6 Å². The summed E-state index contributed by atoms with van der Waals surface area (Å²) in [5, 5.41) is 23.2. The third-order valence-corrected chi connectivity index (χ3v) is 6.72. The molecule has 8 nitrogen and oxygen atoms in total. The number of hydrogen-bond donors (Lipinski definition) is 1. The summed E-state index contributed by atoms with van der Waals surface area (Å²) >= 11 is 0. The molecule has 0 amide bonds. The number of aromatic nitrogens is 2. The van der Waals surface area contributed by atoms with Crippen molar-refractivity contribution >= 4 is 28.1 Å². The van der Waals surface area contributed by atoms with Gasteiger partial charge in [0.2, 0.25) is 5.52 Å². The number of benzene rings is 2. The molecule has 1 aliphatic heterocycles. The molecule has 1 aliphatic carbocycles. The Morgan fingerprint density at radius 1 is 1.19 bits per heavy atom. The van der Waals surface area contributed by atoms with Crippen LogP contribution in [0.4, 0.5) is 17.1 Å². The first-order valence-corrected chi connectivity index (χ1v) is 10.7. The molecule has 5 rings (SSSR count). The Bertz CT molecular complexity index is 1140. The average molecular weight is 422 g/mol. The number of fused-ring (bicyclic) bond motifs is 3. The Labute approximate surface area is 180 Å². The lowest BCUT2D eigenvalue weighted by Gasteiger charge is -2.39. The van der Waals surface area contributed by atoms with E-state index in [2.05, 4.69) is 41.3 Å². The van der Waals surface area contributed by atoms with Gasteiger partial charge in [-0.2, -0.15) is 0 Å². The molecule has 0 radical (unpaired) electrons. The topological polar surface area (TPSA) is 97.3 Å². The molecule has 2 atom stereocenters. The van der Waals surface area contributed by atoms with Gasteiger partial charge in [0.15, 0.2) is 5.52 Å². The van der Waals surface area contributed by atoms with Crippen LogP contribution < -0.4 is 10.2 Å². The van der Waals surface area contributed by atoms with Gasteiger partial charge in [0, 0.05) is 19.1 Å². The van der Waals surface area contributed by atoms with Gasteiger partial charge in [-0.25, -0.2) is 4.63 Å². The third-order valence-electron chi connectivity index (χ3n) is 6.72. The van der Waals surface area contributed by atoms with Gasteiger partial charge in [-0.3, -0.25) is 10.1 Å². The van der Waals surface area contributed by atoms with Crippen LogP contribution in [0.1, 0.15) is 45.6 Å². The number of nitro groups is 1. The molecule has 2 aromatic carbocycles. The van der Waals surface area contributed by atoms with E-state index in [1.165, 1.54) is 6.42 Å². The molecule has 2 fully saturated rings. The molecule has 1 saturated carbocycles. The van der Waals surface area contributed by atoms with Gasteiger partial charge in [-0.15, -0.1) is 0 Å². The Morgan fingerprint density at radius 2 is 1.94 bits per heavy atom. The van der Waals surface area contributed by atoms with E-state index in [-0.39, 0.29) is 22.0 Å². The standard InChI is InChI=1S/C23H27N5O3/c1-22(2)10-16-11-23(3,13-22)14-27(16)18-9-17(24-12-15-7-5-4-6-8-15)21(28(29)30)20-19(18)25-31-26-20/h4-9,16,24H,10-14H2,1-3H3. The van der Waals surface area contributed by atoms with Crippen molar-refractivity contribution in [1.82, 2.24) is 10.3 Å². The maximum atomic E-state index is 11.9. The Kier molecular flexibility index (Phi) is 4.42. The van der Waals surface area contributed by atoms with Crippen molar-refractivity contribution in [3.63, 3.8) is 0 Å². The average Bonchev–Trinajstić information content (AvgIpc) is 3.27. The van der Waals surface area contributed by atoms with Gasteiger partial charge < -0.3 is 10.2 Å². The van der Waals surface area contributed by atoms with Crippen LogP contribution in [0, 0.1) is 20.9 Å². The van der Waals surface area contributed by atoms with Crippen molar-refractivity contribution in [2.75, 3.05) is 16.8 Å². The van der Waals surface area contributed by atoms with Crippen LogP contribution in [0.3, 0.4) is 0 Å². The lowest BCUT2D eigenvalue weighted by molar-refractivity contribution is -0.382. The monoisotopic (exact) mass is 421 g/mol. The fourth-order valence-electron chi connectivity index (χ4n) is 5.99. The normalized spacial score (nSPS) is 24.5. The van der Waals surface area contributed by atoms with E-state index in [0.29, 0.717) is 23.8 Å². The van der Waals surface area contributed by atoms with Crippen LogP contribution in [0.15, 0.2) is 41.0 Å². The Morgan fingerprint density at radius 3 is 2.68 bits per heavy atom. The maximum Gasteiger partial charge on any atom is 0.323 e. The molecule has 0 spiro atoms. The summed E-state index contributed by atoms with van der Waals surface area (Å²) in [5.74, 6) is 0. The zero-order chi connectivity index (χ0) is 21.8. The molecule has 31 heavy (non-hydrogen) atoms. The van der Waals surface area contributed by atoms with Crippen LogP contribution in [-0.2, 0) is 6.54 Å². The van der Waals surface area contributed by atoms with Crippen molar-refractivity contribution < 1.29 is 9.55 Å². The predicted molar refractivity (Wildman–Crippen MR) is 119 cm³/mol. The summed E-state index contributed by atoms with van der Waals surface area (Å²) in [7, 11) is 0. The van der Waals surface area contributed by atoms with E-state index in [1.807, 2.05) is 36.4 Å². The lowest BCUT2D eigenvalue weighted by Crippen LogP contribution is -2.34. The van der Waals surface area contributed by atoms with Crippen LogP contribution >= 0.6 is 0 Å². The Balaban J connectivity index is 1.58. The SMILES string of the molecule is CC1(C)CC2CC(C)(CN2c2cc(NCc3ccccc3)c([N+](=O)[O-])c3nonc23)C1. The predicted octanol–water partition coefficient (Wildman–Crippen LogP) is 5.15. The highest BCUT2D eigenvalue weighted by atomic mass is 16.6.